The van der Waals surface area contributed by atoms with E-state index in [9.17, 15) is 4.79 Å². The number of hydrogen-bond acceptors (Lipinski definition) is 3. The third kappa shape index (κ3) is 2.94. The Labute approximate surface area is 156 Å². The Bertz CT molecular complexity index is 1150. The fourth-order valence-corrected chi connectivity index (χ4v) is 3.38. The first-order valence-electron chi connectivity index (χ1n) is 8.49. The van der Waals surface area contributed by atoms with Crippen LogP contribution in [0, 0.1) is 11.3 Å². The van der Waals surface area contributed by atoms with Crippen molar-refractivity contribution >= 4 is 11.4 Å². The van der Waals surface area contributed by atoms with Crippen molar-refractivity contribution < 1.29 is 4.79 Å². The predicted molar refractivity (Wildman–Crippen MR) is 103 cm³/mol. The fraction of sp³-hybridized carbons (Fsp3) is 0.0455. The van der Waals surface area contributed by atoms with Gasteiger partial charge in [0, 0.05) is 11.3 Å². The molecule has 0 fully saturated rings. The number of hydrogen-bond donors (Lipinski definition) is 1. The Morgan fingerprint density at radius 1 is 1.04 bits per heavy atom. The molecule has 1 atom stereocenters. The number of nitriles is 1. The lowest BCUT2D eigenvalue weighted by atomic mass is 9.88. The number of benzene rings is 2. The number of nitrogens with zero attached hydrogens (tertiary/aromatic N) is 3. The molecule has 130 valence electrons. The molecule has 4 rings (SSSR count). The van der Waals surface area contributed by atoms with Crippen LogP contribution >= 0.6 is 0 Å². The number of aromatic nitrogens is 2. The van der Waals surface area contributed by atoms with Crippen molar-refractivity contribution in [3.8, 4) is 17.2 Å². The van der Waals surface area contributed by atoms with Crippen LogP contribution in [0.2, 0.25) is 0 Å². The zero-order chi connectivity index (χ0) is 18.8. The van der Waals surface area contributed by atoms with Gasteiger partial charge >= 0.3 is 0 Å². The van der Waals surface area contributed by atoms with E-state index < -0.39 is 11.8 Å². The van der Waals surface area contributed by atoms with Crippen LogP contribution in [0.1, 0.15) is 22.7 Å². The summed E-state index contributed by atoms with van der Waals surface area (Å²) in [4.78, 5) is 16.8. The molecule has 0 bridgehead atoms. The van der Waals surface area contributed by atoms with Crippen LogP contribution in [0.3, 0.4) is 0 Å². The Morgan fingerprint density at radius 2 is 1.78 bits per heavy atom. The third-order valence-corrected chi connectivity index (χ3v) is 4.64. The summed E-state index contributed by atoms with van der Waals surface area (Å²) >= 11 is 0. The molecular formula is C22H16N4O. The molecule has 2 heterocycles. The lowest BCUT2D eigenvalue weighted by Gasteiger charge is -2.20. The molecule has 5 heteroatoms. The van der Waals surface area contributed by atoms with Crippen LogP contribution in [0.4, 0.5) is 0 Å². The number of pyridine rings is 1. The maximum absolute atomic E-state index is 12.5. The molecule has 27 heavy (non-hydrogen) atoms. The van der Waals surface area contributed by atoms with Gasteiger partial charge in [-0.1, -0.05) is 48.5 Å². The van der Waals surface area contributed by atoms with E-state index in [2.05, 4.69) is 11.1 Å². The monoisotopic (exact) mass is 352 g/mol. The largest absolute Gasteiger partial charge is 0.369 e. The van der Waals surface area contributed by atoms with Crippen molar-refractivity contribution in [3.63, 3.8) is 0 Å². The Morgan fingerprint density at radius 3 is 2.44 bits per heavy atom. The van der Waals surface area contributed by atoms with E-state index in [4.69, 9.17) is 11.0 Å². The molecular weight excluding hydrogens is 336 g/mol. The van der Waals surface area contributed by atoms with Crippen LogP contribution in [0.5, 0.6) is 0 Å². The number of carbonyl (C=O) groups is 1. The summed E-state index contributed by atoms with van der Waals surface area (Å²) in [5.41, 5.74) is 10.6. The minimum absolute atomic E-state index is 0.460. The summed E-state index contributed by atoms with van der Waals surface area (Å²) in [5, 5.41) is 9.05. The van der Waals surface area contributed by atoms with Crippen LogP contribution in [0.15, 0.2) is 79.3 Å². The normalized spacial score (nSPS) is 11.8. The van der Waals surface area contributed by atoms with E-state index >= 15 is 0 Å². The van der Waals surface area contributed by atoms with E-state index in [1.807, 2.05) is 46.9 Å². The van der Waals surface area contributed by atoms with Crippen molar-refractivity contribution in [1.29, 1.82) is 5.26 Å². The molecule has 2 aromatic heterocycles. The Hall–Kier alpha value is -3.91. The molecule has 2 aromatic carbocycles. The minimum Gasteiger partial charge on any atom is -0.369 e. The molecule has 0 saturated carbocycles. The quantitative estimate of drug-likeness (QED) is 0.610. The van der Waals surface area contributed by atoms with Crippen LogP contribution < -0.4 is 5.73 Å². The molecule has 0 spiro atoms. The zero-order valence-electron chi connectivity index (χ0n) is 14.4. The number of primary amides is 1. The smallest absolute Gasteiger partial charge is 0.230 e. The summed E-state index contributed by atoms with van der Waals surface area (Å²) in [5.74, 6) is -1.14. The number of nitrogens with two attached hydrogens (primary N) is 1. The summed E-state index contributed by atoms with van der Waals surface area (Å²) in [6.45, 7) is 0. The van der Waals surface area contributed by atoms with Crippen molar-refractivity contribution in [1.82, 2.24) is 9.38 Å². The number of fused-ring (bicyclic) bond motifs is 1. The van der Waals surface area contributed by atoms with Gasteiger partial charge in [-0.25, -0.2) is 4.98 Å². The van der Waals surface area contributed by atoms with E-state index in [0.29, 0.717) is 5.56 Å². The van der Waals surface area contributed by atoms with Crippen molar-refractivity contribution in [2.45, 2.75) is 5.92 Å². The maximum Gasteiger partial charge on any atom is 0.230 e. The van der Waals surface area contributed by atoms with Crippen LogP contribution in [-0.4, -0.2) is 15.3 Å². The van der Waals surface area contributed by atoms with Crippen LogP contribution in [0.25, 0.3) is 16.6 Å². The SMILES string of the molecule is N#Cc1ccc(C(C(N)=O)c2c(-c3ccccc3)ccc3cncn23)cc1. The molecule has 0 aliphatic rings. The highest BCUT2D eigenvalue weighted by atomic mass is 16.1. The lowest BCUT2D eigenvalue weighted by molar-refractivity contribution is -0.118. The summed E-state index contributed by atoms with van der Waals surface area (Å²) in [7, 11) is 0. The summed E-state index contributed by atoms with van der Waals surface area (Å²) < 4.78 is 1.90. The average molecular weight is 352 g/mol. The summed E-state index contributed by atoms with van der Waals surface area (Å²) in [6.07, 6.45) is 3.44. The molecule has 1 unspecified atom stereocenters. The summed E-state index contributed by atoms with van der Waals surface area (Å²) in [6, 6.07) is 22.9. The van der Waals surface area contributed by atoms with Gasteiger partial charge in [-0.05, 0) is 29.3 Å². The zero-order valence-corrected chi connectivity index (χ0v) is 14.4. The van der Waals surface area contributed by atoms with E-state index in [-0.39, 0.29) is 0 Å². The topological polar surface area (TPSA) is 84.2 Å². The Kier molecular flexibility index (Phi) is 4.15. The minimum atomic E-state index is -0.675. The van der Waals surface area contributed by atoms with E-state index in [1.165, 1.54) is 0 Å². The van der Waals surface area contributed by atoms with Gasteiger partial charge in [0.15, 0.2) is 0 Å². The van der Waals surface area contributed by atoms with Gasteiger partial charge in [0.1, 0.15) is 5.92 Å². The van der Waals surface area contributed by atoms with Crippen molar-refractivity contribution in [2.24, 2.45) is 5.73 Å². The second-order valence-electron chi connectivity index (χ2n) is 6.26. The number of amides is 1. The first kappa shape index (κ1) is 16.6. The molecule has 0 aliphatic heterocycles. The van der Waals surface area contributed by atoms with Gasteiger partial charge in [0.05, 0.1) is 29.7 Å². The standard InChI is InChI=1S/C22H16N4O/c23-12-15-6-8-17(9-7-15)20(22(24)27)21-19(16-4-2-1-3-5-16)11-10-18-13-25-14-26(18)21/h1-11,13-14,20H,(H2,24,27). The predicted octanol–water partition coefficient (Wildman–Crippen LogP) is 3.49. The van der Waals surface area contributed by atoms with Gasteiger partial charge in [0.2, 0.25) is 5.91 Å². The number of imidazole rings is 1. The Balaban J connectivity index is 2.00. The molecule has 0 radical (unpaired) electrons. The molecule has 4 aromatic rings. The highest BCUT2D eigenvalue weighted by Gasteiger charge is 2.26. The fourth-order valence-electron chi connectivity index (χ4n) is 3.38. The van der Waals surface area contributed by atoms with Gasteiger partial charge in [-0.2, -0.15) is 5.26 Å². The maximum atomic E-state index is 12.5. The first-order chi connectivity index (χ1) is 13.2. The molecule has 0 saturated heterocycles. The molecule has 1 amide bonds. The van der Waals surface area contributed by atoms with Gasteiger partial charge in [0.25, 0.3) is 0 Å². The van der Waals surface area contributed by atoms with Crippen molar-refractivity contribution in [3.05, 3.63) is 96.1 Å². The lowest BCUT2D eigenvalue weighted by Crippen LogP contribution is -2.25. The third-order valence-electron chi connectivity index (χ3n) is 4.64. The average Bonchev–Trinajstić information content (AvgIpc) is 3.18. The first-order valence-corrected chi connectivity index (χ1v) is 8.49. The van der Waals surface area contributed by atoms with Crippen molar-refractivity contribution in [2.75, 3.05) is 0 Å². The molecule has 5 nitrogen and oxygen atoms in total. The highest BCUT2D eigenvalue weighted by Crippen LogP contribution is 2.34. The molecule has 0 aliphatic carbocycles. The van der Waals surface area contributed by atoms with Crippen LogP contribution in [-0.2, 0) is 4.79 Å². The van der Waals surface area contributed by atoms with E-state index in [0.717, 1.165) is 27.9 Å². The second-order valence-corrected chi connectivity index (χ2v) is 6.26. The number of carbonyl (C=O) groups excluding carboxylic acids is 1. The number of rotatable bonds is 4. The van der Waals surface area contributed by atoms with Gasteiger partial charge in [-0.3, -0.25) is 4.79 Å². The highest BCUT2D eigenvalue weighted by molar-refractivity contribution is 5.88. The second kappa shape index (κ2) is 6.77. The molecule has 2 N–H and O–H groups in total. The van der Waals surface area contributed by atoms with Gasteiger partial charge in [-0.15, -0.1) is 0 Å². The van der Waals surface area contributed by atoms with Gasteiger partial charge < -0.3 is 10.1 Å². The van der Waals surface area contributed by atoms with E-state index in [1.54, 1.807) is 36.8 Å².